The number of carbonyl (C=O) groups is 1. The van der Waals surface area contributed by atoms with Crippen LogP contribution < -0.4 is 0 Å². The Bertz CT molecular complexity index is 801. The van der Waals surface area contributed by atoms with Crippen LogP contribution in [0.25, 0.3) is 5.57 Å². The zero-order chi connectivity index (χ0) is 18.9. The molecule has 0 bridgehead atoms. The van der Waals surface area contributed by atoms with Gasteiger partial charge in [-0.25, -0.2) is 8.42 Å². The quantitative estimate of drug-likeness (QED) is 0.859. The van der Waals surface area contributed by atoms with Crippen molar-refractivity contribution >= 4 is 21.3 Å². The first-order valence-corrected chi connectivity index (χ1v) is 10.8. The summed E-state index contributed by atoms with van der Waals surface area (Å²) in [6.07, 6.45) is 3.49. The summed E-state index contributed by atoms with van der Waals surface area (Å²) in [6, 6.07) is 6.68. The number of hydrogen-bond donors (Lipinski definition) is 1. The highest BCUT2D eigenvalue weighted by Gasteiger charge is 2.35. The van der Waals surface area contributed by atoms with Crippen LogP contribution in [0.5, 0.6) is 5.75 Å². The second kappa shape index (κ2) is 7.40. The summed E-state index contributed by atoms with van der Waals surface area (Å²) >= 11 is 0. The molecule has 1 N–H and O–H groups in total. The van der Waals surface area contributed by atoms with Gasteiger partial charge in [0.2, 0.25) is 5.91 Å². The molecule has 26 heavy (non-hydrogen) atoms. The van der Waals surface area contributed by atoms with Crippen molar-refractivity contribution in [1.29, 1.82) is 0 Å². The van der Waals surface area contributed by atoms with E-state index in [2.05, 4.69) is 11.0 Å². The molecule has 0 saturated carbocycles. The lowest BCUT2D eigenvalue weighted by Crippen LogP contribution is -2.50. The number of benzene rings is 1. The SMILES string of the molecule is CC(C(=O)N(C)C1CCS(=O)(=O)C1)N1CC=C(c2ccc(O)cc2)CC1. The van der Waals surface area contributed by atoms with Gasteiger partial charge in [0.25, 0.3) is 0 Å². The Morgan fingerprint density at radius 1 is 1.31 bits per heavy atom. The summed E-state index contributed by atoms with van der Waals surface area (Å²) in [4.78, 5) is 16.5. The summed E-state index contributed by atoms with van der Waals surface area (Å²) in [5.41, 5.74) is 2.31. The van der Waals surface area contributed by atoms with Crippen LogP contribution in [-0.2, 0) is 14.6 Å². The molecule has 2 aliphatic heterocycles. The minimum atomic E-state index is -3.00. The molecule has 2 atom stereocenters. The molecule has 2 heterocycles. The zero-order valence-corrected chi connectivity index (χ0v) is 16.1. The number of likely N-dealkylation sites (N-methyl/N-ethyl adjacent to an activating group) is 1. The van der Waals surface area contributed by atoms with E-state index in [0.717, 1.165) is 18.5 Å². The van der Waals surface area contributed by atoms with Gasteiger partial charge >= 0.3 is 0 Å². The van der Waals surface area contributed by atoms with Crippen LogP contribution in [0.15, 0.2) is 30.3 Å². The predicted molar refractivity (Wildman–Crippen MR) is 102 cm³/mol. The van der Waals surface area contributed by atoms with Gasteiger partial charge in [0.1, 0.15) is 5.75 Å². The highest BCUT2D eigenvalue weighted by molar-refractivity contribution is 7.91. The Balaban J connectivity index is 1.61. The Labute approximate surface area is 155 Å². The molecule has 0 spiro atoms. The van der Waals surface area contributed by atoms with Crippen molar-refractivity contribution < 1.29 is 18.3 Å². The van der Waals surface area contributed by atoms with Crippen LogP contribution >= 0.6 is 0 Å². The van der Waals surface area contributed by atoms with Gasteiger partial charge in [-0.3, -0.25) is 9.69 Å². The summed E-state index contributed by atoms with van der Waals surface area (Å²) in [5.74, 6) is 0.482. The van der Waals surface area contributed by atoms with Gasteiger partial charge in [-0.1, -0.05) is 18.2 Å². The van der Waals surface area contributed by atoms with Gasteiger partial charge in [0, 0.05) is 26.2 Å². The number of nitrogens with zero attached hydrogens (tertiary/aromatic N) is 2. The van der Waals surface area contributed by atoms with Crippen molar-refractivity contribution in [2.45, 2.75) is 31.8 Å². The number of phenolic OH excluding ortho intramolecular Hbond substituents is 1. The number of rotatable bonds is 4. The summed E-state index contributed by atoms with van der Waals surface area (Å²) in [5, 5.41) is 9.40. The second-order valence-electron chi connectivity index (χ2n) is 7.20. The molecule has 1 fully saturated rings. The van der Waals surface area contributed by atoms with E-state index < -0.39 is 9.84 Å². The minimum Gasteiger partial charge on any atom is -0.508 e. The lowest BCUT2D eigenvalue weighted by atomic mass is 9.98. The van der Waals surface area contributed by atoms with Gasteiger partial charge in [-0.15, -0.1) is 0 Å². The van der Waals surface area contributed by atoms with Gasteiger partial charge in [-0.05, 0) is 43.0 Å². The van der Waals surface area contributed by atoms with Gasteiger partial charge in [0.05, 0.1) is 17.5 Å². The molecule has 1 saturated heterocycles. The van der Waals surface area contributed by atoms with Gasteiger partial charge < -0.3 is 10.0 Å². The molecule has 0 radical (unpaired) electrons. The van der Waals surface area contributed by atoms with E-state index in [1.54, 1.807) is 24.1 Å². The lowest BCUT2D eigenvalue weighted by Gasteiger charge is -2.35. The van der Waals surface area contributed by atoms with Crippen LogP contribution in [0, 0.1) is 0 Å². The standard InChI is InChI=1S/C19H26N2O4S/c1-14(19(23)20(2)17-9-12-26(24,25)13-17)21-10-7-16(8-11-21)15-3-5-18(22)6-4-15/h3-7,14,17,22H,8-13H2,1-2H3. The summed E-state index contributed by atoms with van der Waals surface area (Å²) in [7, 11) is -1.29. The van der Waals surface area contributed by atoms with Crippen LogP contribution in [0.1, 0.15) is 25.3 Å². The van der Waals surface area contributed by atoms with Crippen LogP contribution in [0.2, 0.25) is 0 Å². The van der Waals surface area contributed by atoms with Crippen molar-refractivity contribution in [3.63, 3.8) is 0 Å². The van der Waals surface area contributed by atoms with Gasteiger partial charge in [0.15, 0.2) is 9.84 Å². The Hall–Kier alpha value is -1.86. The lowest BCUT2D eigenvalue weighted by molar-refractivity contribution is -0.136. The molecule has 142 valence electrons. The molecule has 1 amide bonds. The van der Waals surface area contributed by atoms with Crippen molar-refractivity contribution in [3.05, 3.63) is 35.9 Å². The zero-order valence-electron chi connectivity index (χ0n) is 15.3. The molecule has 0 aromatic heterocycles. The van der Waals surface area contributed by atoms with E-state index in [1.807, 2.05) is 19.1 Å². The highest BCUT2D eigenvalue weighted by atomic mass is 32.2. The first-order valence-electron chi connectivity index (χ1n) is 8.96. The molecule has 2 aliphatic rings. The molecular formula is C19H26N2O4S. The fourth-order valence-corrected chi connectivity index (χ4v) is 5.46. The molecule has 1 aromatic carbocycles. The third-order valence-electron chi connectivity index (χ3n) is 5.49. The maximum absolute atomic E-state index is 12.8. The second-order valence-corrected chi connectivity index (χ2v) is 9.43. The van der Waals surface area contributed by atoms with E-state index in [-0.39, 0.29) is 35.2 Å². The number of amides is 1. The fraction of sp³-hybridized carbons (Fsp3) is 0.526. The molecule has 0 aliphatic carbocycles. The first kappa shape index (κ1) is 18.9. The highest BCUT2D eigenvalue weighted by Crippen LogP contribution is 2.25. The Kier molecular flexibility index (Phi) is 5.39. The third-order valence-corrected chi connectivity index (χ3v) is 7.24. The molecular weight excluding hydrogens is 352 g/mol. The van der Waals surface area contributed by atoms with Gasteiger partial charge in [-0.2, -0.15) is 0 Å². The molecule has 6 nitrogen and oxygen atoms in total. The molecule has 3 rings (SSSR count). The molecule has 7 heteroatoms. The largest absolute Gasteiger partial charge is 0.508 e. The third kappa shape index (κ3) is 4.10. The van der Waals surface area contributed by atoms with Crippen molar-refractivity contribution in [1.82, 2.24) is 9.80 Å². The molecule has 2 unspecified atom stereocenters. The van der Waals surface area contributed by atoms with Crippen LogP contribution in [0.3, 0.4) is 0 Å². The number of hydrogen-bond acceptors (Lipinski definition) is 5. The number of carbonyl (C=O) groups excluding carboxylic acids is 1. The van der Waals surface area contributed by atoms with E-state index >= 15 is 0 Å². The Morgan fingerprint density at radius 2 is 2.00 bits per heavy atom. The average Bonchev–Trinajstić information content (AvgIpc) is 3.00. The molecule has 1 aromatic rings. The summed E-state index contributed by atoms with van der Waals surface area (Å²) in [6.45, 7) is 3.35. The number of aromatic hydroxyl groups is 1. The van der Waals surface area contributed by atoms with Crippen molar-refractivity contribution in [2.24, 2.45) is 0 Å². The maximum Gasteiger partial charge on any atom is 0.239 e. The topological polar surface area (TPSA) is 77.9 Å². The van der Waals surface area contributed by atoms with E-state index in [9.17, 15) is 18.3 Å². The van der Waals surface area contributed by atoms with Crippen molar-refractivity contribution in [2.75, 3.05) is 31.6 Å². The van der Waals surface area contributed by atoms with Crippen LogP contribution in [0.4, 0.5) is 0 Å². The smallest absolute Gasteiger partial charge is 0.239 e. The number of phenols is 1. The first-order chi connectivity index (χ1) is 12.3. The van der Waals surface area contributed by atoms with E-state index in [0.29, 0.717) is 13.0 Å². The fourth-order valence-electron chi connectivity index (χ4n) is 3.69. The predicted octanol–water partition coefficient (Wildman–Crippen LogP) is 1.52. The van der Waals surface area contributed by atoms with Crippen molar-refractivity contribution in [3.8, 4) is 5.75 Å². The minimum absolute atomic E-state index is 0.0198. The maximum atomic E-state index is 12.8. The van der Waals surface area contributed by atoms with E-state index in [4.69, 9.17) is 0 Å². The number of sulfone groups is 1. The van der Waals surface area contributed by atoms with Crippen LogP contribution in [-0.4, -0.2) is 73.0 Å². The monoisotopic (exact) mass is 378 g/mol. The van der Waals surface area contributed by atoms with E-state index in [1.165, 1.54) is 5.57 Å². The normalized spacial score (nSPS) is 24.1. The average molecular weight is 378 g/mol. The summed E-state index contributed by atoms with van der Waals surface area (Å²) < 4.78 is 23.3. The Morgan fingerprint density at radius 3 is 2.54 bits per heavy atom.